The molecule has 0 fully saturated rings. The van der Waals surface area contributed by atoms with Crippen molar-refractivity contribution in [1.82, 2.24) is 25.7 Å². The van der Waals surface area contributed by atoms with Crippen molar-refractivity contribution in [2.75, 3.05) is 6.61 Å². The van der Waals surface area contributed by atoms with E-state index in [-0.39, 0.29) is 5.82 Å². The summed E-state index contributed by atoms with van der Waals surface area (Å²) in [5, 5.41) is 11.8. The lowest BCUT2D eigenvalue weighted by molar-refractivity contribution is -0.192. The van der Waals surface area contributed by atoms with E-state index in [1.165, 1.54) is 0 Å². The number of aromatic nitrogens is 4. The Morgan fingerprint density at radius 2 is 2.00 bits per heavy atom. The first-order chi connectivity index (χ1) is 10.3. The summed E-state index contributed by atoms with van der Waals surface area (Å²) < 4.78 is 35.5. The number of nitrogens with zero attached hydrogens (tertiary/aromatic N) is 4. The molecule has 0 saturated heterocycles. The molecule has 118 valence electrons. The van der Waals surface area contributed by atoms with Gasteiger partial charge in [-0.25, -0.2) is 5.48 Å². The van der Waals surface area contributed by atoms with Crippen LogP contribution in [0.15, 0.2) is 24.3 Å². The predicted octanol–water partition coefficient (Wildman–Crippen LogP) is 1.60. The second-order valence-corrected chi connectivity index (χ2v) is 4.52. The largest absolute Gasteiger partial charge is 0.414 e. The van der Waals surface area contributed by atoms with E-state index in [9.17, 15) is 18.0 Å². The maximum Gasteiger partial charge on any atom is 0.414 e. The molecule has 0 spiro atoms. The average Bonchev–Trinajstić information content (AvgIpc) is 2.86. The standard InChI is InChI=1S/C11H9ClF3N5O2/c12-8-3-1-7(2-4-8)10-16-19-20(17-10)5-9(21)18-22-6-11(13,14)15/h1-4H,5-6H2,(H,18,21). The first kappa shape index (κ1) is 16.2. The number of nitrogens with one attached hydrogen (secondary N) is 1. The van der Waals surface area contributed by atoms with Crippen LogP contribution >= 0.6 is 11.6 Å². The third kappa shape index (κ3) is 4.97. The summed E-state index contributed by atoms with van der Waals surface area (Å²) >= 11 is 5.75. The van der Waals surface area contributed by atoms with Crippen molar-refractivity contribution in [2.24, 2.45) is 0 Å². The first-order valence-electron chi connectivity index (χ1n) is 5.84. The molecule has 0 bridgehead atoms. The van der Waals surface area contributed by atoms with Crippen molar-refractivity contribution in [3.05, 3.63) is 29.3 Å². The van der Waals surface area contributed by atoms with E-state index < -0.39 is 25.2 Å². The zero-order chi connectivity index (χ0) is 16.2. The molecule has 1 amide bonds. The lowest BCUT2D eigenvalue weighted by Crippen LogP contribution is -2.32. The third-order valence-electron chi connectivity index (χ3n) is 2.26. The number of carbonyl (C=O) groups excluding carboxylic acids is 1. The zero-order valence-electron chi connectivity index (χ0n) is 10.8. The molecule has 0 saturated carbocycles. The van der Waals surface area contributed by atoms with Crippen LogP contribution in [0.1, 0.15) is 0 Å². The van der Waals surface area contributed by atoms with Crippen LogP contribution in [0, 0.1) is 0 Å². The molecule has 22 heavy (non-hydrogen) atoms. The monoisotopic (exact) mass is 335 g/mol. The van der Waals surface area contributed by atoms with Crippen LogP contribution in [0.5, 0.6) is 0 Å². The number of alkyl halides is 3. The molecule has 0 radical (unpaired) electrons. The fraction of sp³-hybridized carbons (Fsp3) is 0.273. The number of hydroxylamine groups is 1. The molecule has 0 unspecified atom stereocenters. The fourth-order valence-electron chi connectivity index (χ4n) is 1.38. The highest BCUT2D eigenvalue weighted by molar-refractivity contribution is 6.30. The Morgan fingerprint density at radius 1 is 1.32 bits per heavy atom. The summed E-state index contributed by atoms with van der Waals surface area (Å²) in [4.78, 5) is 16.3. The van der Waals surface area contributed by atoms with Crippen LogP contribution in [-0.2, 0) is 16.2 Å². The lowest BCUT2D eigenvalue weighted by atomic mass is 10.2. The smallest absolute Gasteiger partial charge is 0.271 e. The summed E-state index contributed by atoms with van der Waals surface area (Å²) in [5.74, 6) is -0.593. The van der Waals surface area contributed by atoms with E-state index in [4.69, 9.17) is 11.6 Å². The molecule has 0 aliphatic carbocycles. The molecule has 1 heterocycles. The van der Waals surface area contributed by atoms with Gasteiger partial charge in [-0.2, -0.15) is 18.0 Å². The van der Waals surface area contributed by atoms with Crippen LogP contribution in [0.25, 0.3) is 11.4 Å². The van der Waals surface area contributed by atoms with Gasteiger partial charge in [0.1, 0.15) is 6.54 Å². The molecule has 1 aromatic heterocycles. The van der Waals surface area contributed by atoms with Crippen LogP contribution in [0.4, 0.5) is 13.2 Å². The van der Waals surface area contributed by atoms with E-state index in [0.29, 0.717) is 10.6 Å². The highest BCUT2D eigenvalue weighted by Gasteiger charge is 2.28. The van der Waals surface area contributed by atoms with Crippen molar-refractivity contribution in [3.8, 4) is 11.4 Å². The molecule has 0 aliphatic rings. The van der Waals surface area contributed by atoms with Gasteiger partial charge in [0.25, 0.3) is 5.91 Å². The Bertz CT molecular complexity index is 644. The summed E-state index contributed by atoms with van der Waals surface area (Å²) in [6.07, 6.45) is -4.53. The molecule has 0 aliphatic heterocycles. The van der Waals surface area contributed by atoms with Crippen molar-refractivity contribution in [3.63, 3.8) is 0 Å². The Labute approximate surface area is 127 Å². The normalized spacial score (nSPS) is 11.5. The Morgan fingerprint density at radius 3 is 2.64 bits per heavy atom. The first-order valence-corrected chi connectivity index (χ1v) is 6.22. The molecular formula is C11H9ClF3N5O2. The fourth-order valence-corrected chi connectivity index (χ4v) is 1.51. The quantitative estimate of drug-likeness (QED) is 0.839. The van der Waals surface area contributed by atoms with Gasteiger partial charge in [-0.05, 0) is 29.5 Å². The Balaban J connectivity index is 1.89. The van der Waals surface area contributed by atoms with Crippen LogP contribution in [-0.4, -0.2) is 38.9 Å². The zero-order valence-corrected chi connectivity index (χ0v) is 11.6. The topological polar surface area (TPSA) is 81.9 Å². The summed E-state index contributed by atoms with van der Waals surface area (Å²) in [7, 11) is 0. The maximum absolute atomic E-state index is 11.8. The SMILES string of the molecule is O=C(Cn1nnc(-c2ccc(Cl)cc2)n1)NOCC(F)(F)F. The van der Waals surface area contributed by atoms with Crippen LogP contribution in [0.3, 0.4) is 0 Å². The van der Waals surface area contributed by atoms with Crippen molar-refractivity contribution >= 4 is 17.5 Å². The van der Waals surface area contributed by atoms with Crippen molar-refractivity contribution in [1.29, 1.82) is 0 Å². The average molecular weight is 336 g/mol. The molecule has 1 aromatic carbocycles. The number of halogens is 4. The second kappa shape index (κ2) is 6.71. The minimum atomic E-state index is -4.53. The van der Waals surface area contributed by atoms with Gasteiger partial charge in [0.15, 0.2) is 6.61 Å². The summed E-state index contributed by atoms with van der Waals surface area (Å²) in [6, 6.07) is 6.59. The predicted molar refractivity (Wildman–Crippen MR) is 68.4 cm³/mol. The summed E-state index contributed by atoms with van der Waals surface area (Å²) in [5.41, 5.74) is 2.27. The molecule has 2 aromatic rings. The molecule has 11 heteroatoms. The van der Waals surface area contributed by atoms with Gasteiger partial charge < -0.3 is 0 Å². The molecule has 2 rings (SSSR count). The second-order valence-electron chi connectivity index (χ2n) is 4.08. The van der Waals surface area contributed by atoms with E-state index in [1.807, 2.05) is 0 Å². The van der Waals surface area contributed by atoms with E-state index >= 15 is 0 Å². The Kier molecular flexibility index (Phi) is 4.93. The summed E-state index contributed by atoms with van der Waals surface area (Å²) in [6.45, 7) is -2.02. The Hall–Kier alpha value is -2.20. The van der Waals surface area contributed by atoms with Gasteiger partial charge in [-0.15, -0.1) is 10.2 Å². The highest BCUT2D eigenvalue weighted by Crippen LogP contribution is 2.17. The maximum atomic E-state index is 11.8. The molecule has 7 nitrogen and oxygen atoms in total. The number of tetrazole rings is 1. The van der Waals surface area contributed by atoms with Gasteiger partial charge in [-0.1, -0.05) is 11.6 Å². The van der Waals surface area contributed by atoms with Crippen molar-refractivity contribution < 1.29 is 22.8 Å². The van der Waals surface area contributed by atoms with Gasteiger partial charge in [0.05, 0.1) is 0 Å². The van der Waals surface area contributed by atoms with E-state index in [2.05, 4.69) is 20.2 Å². The van der Waals surface area contributed by atoms with Crippen LogP contribution in [0.2, 0.25) is 5.02 Å². The van der Waals surface area contributed by atoms with Gasteiger partial charge in [-0.3, -0.25) is 9.63 Å². The number of benzene rings is 1. The molecular weight excluding hydrogens is 327 g/mol. The number of hydrogen-bond donors (Lipinski definition) is 1. The molecule has 0 atom stereocenters. The van der Waals surface area contributed by atoms with Crippen molar-refractivity contribution in [2.45, 2.75) is 12.7 Å². The highest BCUT2D eigenvalue weighted by atomic mass is 35.5. The third-order valence-corrected chi connectivity index (χ3v) is 2.51. The van der Waals surface area contributed by atoms with Gasteiger partial charge in [0.2, 0.25) is 5.82 Å². The van der Waals surface area contributed by atoms with E-state index in [0.717, 1.165) is 4.80 Å². The number of carbonyl (C=O) groups is 1. The van der Waals surface area contributed by atoms with Gasteiger partial charge in [0, 0.05) is 10.6 Å². The van der Waals surface area contributed by atoms with Crippen LogP contribution < -0.4 is 5.48 Å². The van der Waals surface area contributed by atoms with Gasteiger partial charge >= 0.3 is 6.18 Å². The minimum absolute atomic E-state index is 0.251. The van der Waals surface area contributed by atoms with E-state index in [1.54, 1.807) is 29.7 Å². The number of rotatable bonds is 5. The lowest BCUT2D eigenvalue weighted by Gasteiger charge is -2.07. The molecule has 1 N–H and O–H groups in total. The number of hydrogen-bond acceptors (Lipinski definition) is 5. The number of amides is 1. The minimum Gasteiger partial charge on any atom is -0.271 e.